The monoisotopic (exact) mass is 279 g/mol. The molecule has 0 saturated heterocycles. The zero-order valence-corrected chi connectivity index (χ0v) is 12.9. The first-order chi connectivity index (χ1) is 9.54. The van der Waals surface area contributed by atoms with Gasteiger partial charge in [0.1, 0.15) is 5.75 Å². The van der Waals surface area contributed by atoms with Crippen LogP contribution in [0.4, 0.5) is 0 Å². The van der Waals surface area contributed by atoms with E-state index in [2.05, 4.69) is 19.2 Å². The maximum atomic E-state index is 11.4. The van der Waals surface area contributed by atoms with Crippen molar-refractivity contribution in [2.45, 2.75) is 34.2 Å². The van der Waals surface area contributed by atoms with Crippen molar-refractivity contribution in [3.8, 4) is 5.75 Å². The summed E-state index contributed by atoms with van der Waals surface area (Å²) in [4.78, 5) is 11.4. The van der Waals surface area contributed by atoms with Crippen molar-refractivity contribution < 1.29 is 14.3 Å². The van der Waals surface area contributed by atoms with E-state index < -0.39 is 0 Å². The molecule has 0 heterocycles. The average Bonchev–Trinajstić information content (AvgIpc) is 2.38. The molecular formula is C16H25NO3. The fourth-order valence-corrected chi connectivity index (χ4v) is 1.89. The van der Waals surface area contributed by atoms with Gasteiger partial charge in [0.05, 0.1) is 6.61 Å². The highest BCUT2D eigenvalue weighted by atomic mass is 16.6. The zero-order valence-electron chi connectivity index (χ0n) is 12.9. The molecule has 1 aromatic carbocycles. The predicted molar refractivity (Wildman–Crippen MR) is 79.9 cm³/mol. The van der Waals surface area contributed by atoms with Crippen molar-refractivity contribution in [1.29, 1.82) is 0 Å². The molecule has 0 aromatic heterocycles. The molecule has 0 atom stereocenters. The van der Waals surface area contributed by atoms with Crippen LogP contribution in [0.3, 0.4) is 0 Å². The molecule has 4 heteroatoms. The minimum absolute atomic E-state index is 0.0458. The maximum absolute atomic E-state index is 11.4. The van der Waals surface area contributed by atoms with Crippen LogP contribution in [0.2, 0.25) is 0 Å². The van der Waals surface area contributed by atoms with Gasteiger partial charge in [0.15, 0.2) is 6.61 Å². The van der Waals surface area contributed by atoms with Gasteiger partial charge in [-0.3, -0.25) is 0 Å². The van der Waals surface area contributed by atoms with Gasteiger partial charge in [0.2, 0.25) is 0 Å². The minimum Gasteiger partial charge on any atom is -0.481 e. The van der Waals surface area contributed by atoms with Crippen molar-refractivity contribution in [3.63, 3.8) is 0 Å². The Morgan fingerprint density at radius 3 is 2.75 bits per heavy atom. The molecule has 0 saturated carbocycles. The molecule has 0 spiro atoms. The smallest absolute Gasteiger partial charge is 0.344 e. The Bertz CT molecular complexity index is 430. The van der Waals surface area contributed by atoms with Gasteiger partial charge in [-0.15, -0.1) is 0 Å². The summed E-state index contributed by atoms with van der Waals surface area (Å²) in [5.41, 5.74) is 2.09. The summed E-state index contributed by atoms with van der Waals surface area (Å²) in [5.74, 6) is 1.04. The molecule has 112 valence electrons. The standard InChI is InChI=1S/C16H25NO3/c1-5-19-15(18)11-20-16-13(4)7-6-8-14(16)10-17-9-12(2)3/h6-8,12,17H,5,9-11H2,1-4H3. The highest BCUT2D eigenvalue weighted by Gasteiger charge is 2.10. The van der Waals surface area contributed by atoms with Gasteiger partial charge in [0, 0.05) is 12.1 Å². The number of carbonyl (C=O) groups is 1. The van der Waals surface area contributed by atoms with E-state index in [1.807, 2.05) is 25.1 Å². The van der Waals surface area contributed by atoms with Crippen LogP contribution in [0.25, 0.3) is 0 Å². The first kappa shape index (κ1) is 16.5. The topological polar surface area (TPSA) is 47.6 Å². The van der Waals surface area contributed by atoms with Gasteiger partial charge < -0.3 is 14.8 Å². The van der Waals surface area contributed by atoms with E-state index >= 15 is 0 Å². The number of rotatable bonds is 8. The van der Waals surface area contributed by atoms with Crippen LogP contribution in [-0.4, -0.2) is 25.7 Å². The molecule has 20 heavy (non-hydrogen) atoms. The number of hydrogen-bond donors (Lipinski definition) is 1. The second-order valence-electron chi connectivity index (χ2n) is 5.18. The van der Waals surface area contributed by atoms with Crippen LogP contribution < -0.4 is 10.1 Å². The Hall–Kier alpha value is -1.55. The Labute approximate surface area is 121 Å². The van der Waals surface area contributed by atoms with Crippen molar-refractivity contribution in [2.75, 3.05) is 19.8 Å². The Balaban J connectivity index is 2.65. The summed E-state index contributed by atoms with van der Waals surface area (Å²) in [6.45, 7) is 10.1. The van der Waals surface area contributed by atoms with E-state index in [0.717, 1.165) is 30.0 Å². The lowest BCUT2D eigenvalue weighted by Gasteiger charge is -2.15. The number of esters is 1. The van der Waals surface area contributed by atoms with Crippen molar-refractivity contribution in [2.24, 2.45) is 5.92 Å². The lowest BCUT2D eigenvalue weighted by atomic mass is 10.1. The maximum Gasteiger partial charge on any atom is 0.344 e. The fourth-order valence-electron chi connectivity index (χ4n) is 1.89. The first-order valence-corrected chi connectivity index (χ1v) is 7.12. The van der Waals surface area contributed by atoms with E-state index in [1.54, 1.807) is 6.92 Å². The van der Waals surface area contributed by atoms with E-state index in [1.165, 1.54) is 0 Å². The fraction of sp³-hybridized carbons (Fsp3) is 0.562. The Kier molecular flexibility index (Phi) is 7.09. The second kappa shape index (κ2) is 8.59. The van der Waals surface area contributed by atoms with Crippen molar-refractivity contribution in [1.82, 2.24) is 5.32 Å². The summed E-state index contributed by atoms with van der Waals surface area (Å²) in [6, 6.07) is 5.99. The van der Waals surface area contributed by atoms with E-state index in [4.69, 9.17) is 9.47 Å². The molecule has 4 nitrogen and oxygen atoms in total. The van der Waals surface area contributed by atoms with E-state index in [0.29, 0.717) is 12.5 Å². The third kappa shape index (κ3) is 5.61. The number of aryl methyl sites for hydroxylation is 1. The lowest BCUT2D eigenvalue weighted by molar-refractivity contribution is -0.145. The summed E-state index contributed by atoms with van der Waals surface area (Å²) in [6.07, 6.45) is 0. The van der Waals surface area contributed by atoms with Crippen LogP contribution in [0, 0.1) is 12.8 Å². The van der Waals surface area contributed by atoms with Gasteiger partial charge in [0.25, 0.3) is 0 Å². The summed E-state index contributed by atoms with van der Waals surface area (Å²) in [5, 5.41) is 3.39. The van der Waals surface area contributed by atoms with Gasteiger partial charge in [-0.25, -0.2) is 4.79 Å². The number of ether oxygens (including phenoxy) is 2. The molecule has 0 unspecified atom stereocenters. The van der Waals surface area contributed by atoms with Crippen molar-refractivity contribution in [3.05, 3.63) is 29.3 Å². The largest absolute Gasteiger partial charge is 0.481 e. The lowest BCUT2D eigenvalue weighted by Crippen LogP contribution is -2.20. The van der Waals surface area contributed by atoms with E-state index in [9.17, 15) is 4.79 Å². The minimum atomic E-state index is -0.336. The zero-order chi connectivity index (χ0) is 15.0. The summed E-state index contributed by atoms with van der Waals surface area (Å²) < 4.78 is 10.5. The first-order valence-electron chi connectivity index (χ1n) is 7.12. The van der Waals surface area contributed by atoms with E-state index in [-0.39, 0.29) is 12.6 Å². The molecule has 1 N–H and O–H groups in total. The third-order valence-electron chi connectivity index (χ3n) is 2.80. The molecule has 1 rings (SSSR count). The predicted octanol–water partition coefficient (Wildman–Crippen LogP) is 2.68. The van der Waals surface area contributed by atoms with Gasteiger partial charge in [-0.1, -0.05) is 32.0 Å². The van der Waals surface area contributed by atoms with Gasteiger partial charge >= 0.3 is 5.97 Å². The SMILES string of the molecule is CCOC(=O)COc1c(C)cccc1CNCC(C)C. The number of nitrogens with one attached hydrogen (secondary N) is 1. The third-order valence-corrected chi connectivity index (χ3v) is 2.80. The van der Waals surface area contributed by atoms with Crippen LogP contribution in [0.1, 0.15) is 31.9 Å². The highest BCUT2D eigenvalue weighted by Crippen LogP contribution is 2.23. The molecule has 0 aliphatic carbocycles. The van der Waals surface area contributed by atoms with Crippen LogP contribution in [-0.2, 0) is 16.1 Å². The summed E-state index contributed by atoms with van der Waals surface area (Å²) in [7, 11) is 0. The summed E-state index contributed by atoms with van der Waals surface area (Å²) >= 11 is 0. The number of para-hydroxylation sites is 1. The number of hydrogen-bond acceptors (Lipinski definition) is 4. The number of benzene rings is 1. The molecular weight excluding hydrogens is 254 g/mol. The van der Waals surface area contributed by atoms with Crippen molar-refractivity contribution >= 4 is 5.97 Å². The molecule has 0 radical (unpaired) electrons. The van der Waals surface area contributed by atoms with Gasteiger partial charge in [-0.05, 0) is 31.9 Å². The van der Waals surface area contributed by atoms with Crippen LogP contribution in [0.15, 0.2) is 18.2 Å². The Morgan fingerprint density at radius 2 is 2.10 bits per heavy atom. The molecule has 0 fully saturated rings. The molecule has 0 bridgehead atoms. The average molecular weight is 279 g/mol. The molecule has 0 aliphatic rings. The molecule has 0 amide bonds. The quantitative estimate of drug-likeness (QED) is 0.743. The molecule has 1 aromatic rings. The molecule has 0 aliphatic heterocycles. The van der Waals surface area contributed by atoms with Gasteiger partial charge in [-0.2, -0.15) is 0 Å². The van der Waals surface area contributed by atoms with Crippen LogP contribution >= 0.6 is 0 Å². The normalized spacial score (nSPS) is 10.7. The van der Waals surface area contributed by atoms with Crippen LogP contribution in [0.5, 0.6) is 5.75 Å². The second-order valence-corrected chi connectivity index (χ2v) is 5.18. The Morgan fingerprint density at radius 1 is 1.35 bits per heavy atom. The number of carbonyl (C=O) groups excluding carboxylic acids is 1. The highest BCUT2D eigenvalue weighted by molar-refractivity contribution is 5.71.